The van der Waals surface area contributed by atoms with Crippen LogP contribution in [0.4, 0.5) is 19.3 Å². The SMILES string of the molecule is Cc1cccc(-c2ncc(NC(=O)OCc3ccccc3)c(=O)n2CC(=O)N[C@@H](Cc2ccccc2)C(=O)C(F)(F)C(=O)O)c1. The molecule has 0 spiro atoms. The van der Waals surface area contributed by atoms with Crippen molar-refractivity contribution in [2.45, 2.75) is 38.5 Å². The molecule has 0 saturated carbocycles. The first-order valence-electron chi connectivity index (χ1n) is 13.6. The fourth-order valence-electron chi connectivity index (χ4n) is 4.38. The van der Waals surface area contributed by atoms with Crippen LogP contribution in [0, 0.1) is 6.92 Å². The van der Waals surface area contributed by atoms with Crippen molar-refractivity contribution in [1.29, 1.82) is 0 Å². The number of hydrogen-bond acceptors (Lipinski definition) is 7. The maximum absolute atomic E-state index is 14.3. The number of nitrogens with one attached hydrogen (secondary N) is 2. The number of aromatic nitrogens is 2. The average molecular weight is 619 g/mol. The zero-order valence-electron chi connectivity index (χ0n) is 23.9. The van der Waals surface area contributed by atoms with Gasteiger partial charge in [0.2, 0.25) is 11.7 Å². The highest BCUT2D eigenvalue weighted by Gasteiger charge is 2.50. The average Bonchev–Trinajstić information content (AvgIpc) is 3.02. The van der Waals surface area contributed by atoms with E-state index in [9.17, 15) is 32.8 Å². The minimum Gasteiger partial charge on any atom is -0.476 e. The quantitative estimate of drug-likeness (QED) is 0.201. The van der Waals surface area contributed by atoms with Gasteiger partial charge in [0, 0.05) is 12.0 Å². The van der Waals surface area contributed by atoms with E-state index >= 15 is 0 Å². The highest BCUT2D eigenvalue weighted by atomic mass is 19.3. The number of anilines is 1. The molecule has 0 radical (unpaired) electrons. The maximum Gasteiger partial charge on any atom is 0.412 e. The molecule has 3 aromatic carbocycles. The molecule has 4 aromatic rings. The van der Waals surface area contributed by atoms with Gasteiger partial charge in [-0.3, -0.25) is 24.3 Å². The van der Waals surface area contributed by atoms with E-state index in [4.69, 9.17) is 9.84 Å². The van der Waals surface area contributed by atoms with Crippen LogP contribution in [-0.4, -0.2) is 50.4 Å². The van der Waals surface area contributed by atoms with Crippen molar-refractivity contribution in [2.75, 3.05) is 5.32 Å². The molecule has 0 aliphatic heterocycles. The number of carbonyl (C=O) groups is 4. The molecule has 1 atom stereocenters. The zero-order valence-corrected chi connectivity index (χ0v) is 23.9. The monoisotopic (exact) mass is 618 g/mol. The number of carboxylic acid groups (broad SMARTS) is 1. The number of aliphatic carboxylic acids is 1. The minimum absolute atomic E-state index is 0.00357. The molecule has 0 unspecified atom stereocenters. The minimum atomic E-state index is -4.79. The molecule has 3 N–H and O–H groups in total. The molecule has 0 aliphatic rings. The predicted molar refractivity (Wildman–Crippen MR) is 159 cm³/mol. The van der Waals surface area contributed by atoms with Crippen LogP contribution in [0.25, 0.3) is 11.4 Å². The van der Waals surface area contributed by atoms with E-state index in [1.165, 1.54) is 12.1 Å². The second-order valence-corrected chi connectivity index (χ2v) is 10.00. The van der Waals surface area contributed by atoms with Crippen molar-refractivity contribution in [3.05, 3.63) is 118 Å². The highest BCUT2D eigenvalue weighted by Crippen LogP contribution is 2.21. The standard InChI is InChI=1S/C32H28F2N4O7/c1-20-9-8-14-23(15-20)28-35-17-25(37-31(44)45-19-22-12-6-3-7-13-22)29(41)38(28)18-26(39)36-24(16-21-10-4-2-5-11-21)27(40)32(33,34)30(42)43/h2-15,17,24H,16,18-19H2,1H3,(H,36,39)(H,37,44)(H,42,43)/t24-/m0/s1. The molecule has 13 heteroatoms. The smallest absolute Gasteiger partial charge is 0.412 e. The van der Waals surface area contributed by atoms with Crippen molar-refractivity contribution >= 4 is 29.4 Å². The molecule has 1 aromatic heterocycles. The summed E-state index contributed by atoms with van der Waals surface area (Å²) >= 11 is 0. The molecule has 2 amide bonds. The van der Waals surface area contributed by atoms with Gasteiger partial charge in [0.25, 0.3) is 5.56 Å². The Morgan fingerprint density at radius 3 is 2.22 bits per heavy atom. The van der Waals surface area contributed by atoms with Crippen molar-refractivity contribution in [2.24, 2.45) is 0 Å². The third-order valence-corrected chi connectivity index (χ3v) is 6.59. The molecule has 45 heavy (non-hydrogen) atoms. The second-order valence-electron chi connectivity index (χ2n) is 10.00. The number of halogens is 2. The molecule has 0 aliphatic carbocycles. The van der Waals surface area contributed by atoms with Crippen LogP contribution in [0.15, 0.2) is 95.9 Å². The summed E-state index contributed by atoms with van der Waals surface area (Å²) in [6, 6.07) is 21.5. The molecule has 0 fully saturated rings. The summed E-state index contributed by atoms with van der Waals surface area (Å²) in [7, 11) is 0. The molecular formula is C32H28F2N4O7. The number of benzene rings is 3. The van der Waals surface area contributed by atoms with Gasteiger partial charge in [0.15, 0.2) is 0 Å². The third kappa shape index (κ3) is 8.22. The number of ether oxygens (including phenoxy) is 1. The van der Waals surface area contributed by atoms with Crippen molar-refractivity contribution in [3.63, 3.8) is 0 Å². The molecule has 4 rings (SSSR count). The van der Waals surface area contributed by atoms with Gasteiger partial charge in [-0.15, -0.1) is 0 Å². The number of carbonyl (C=O) groups excluding carboxylic acids is 3. The van der Waals surface area contributed by atoms with Gasteiger partial charge in [0.05, 0.1) is 12.2 Å². The molecule has 1 heterocycles. The number of amides is 2. The van der Waals surface area contributed by atoms with Crippen LogP contribution in [0.5, 0.6) is 0 Å². The Labute approximate surface area is 255 Å². The van der Waals surface area contributed by atoms with Crippen LogP contribution in [0.3, 0.4) is 0 Å². The van der Waals surface area contributed by atoms with Crippen LogP contribution >= 0.6 is 0 Å². The Morgan fingerprint density at radius 2 is 1.60 bits per heavy atom. The Kier molecular flexibility index (Phi) is 10.1. The topological polar surface area (TPSA) is 157 Å². The van der Waals surface area contributed by atoms with Gasteiger partial charge in [-0.25, -0.2) is 14.6 Å². The Hall–Kier alpha value is -5.72. The van der Waals surface area contributed by atoms with E-state index in [0.29, 0.717) is 16.7 Å². The first kappa shape index (κ1) is 32.2. The summed E-state index contributed by atoms with van der Waals surface area (Å²) in [6.45, 7) is 0.885. The lowest BCUT2D eigenvalue weighted by molar-refractivity contribution is -0.172. The van der Waals surface area contributed by atoms with E-state index in [2.05, 4.69) is 15.6 Å². The van der Waals surface area contributed by atoms with E-state index in [-0.39, 0.29) is 18.1 Å². The molecule has 0 bridgehead atoms. The van der Waals surface area contributed by atoms with Gasteiger partial charge >= 0.3 is 18.0 Å². The molecular weight excluding hydrogens is 590 g/mol. The fraction of sp³-hybridized carbons (Fsp3) is 0.188. The maximum atomic E-state index is 14.3. The van der Waals surface area contributed by atoms with E-state index in [0.717, 1.165) is 16.3 Å². The van der Waals surface area contributed by atoms with E-state index in [1.54, 1.807) is 79.7 Å². The van der Waals surface area contributed by atoms with Crippen molar-refractivity contribution in [3.8, 4) is 11.4 Å². The first-order valence-corrected chi connectivity index (χ1v) is 13.6. The second kappa shape index (κ2) is 14.2. The third-order valence-electron chi connectivity index (χ3n) is 6.59. The number of carboxylic acids is 1. The highest BCUT2D eigenvalue weighted by molar-refractivity contribution is 6.08. The van der Waals surface area contributed by atoms with Gasteiger partial charge < -0.3 is 15.2 Å². The summed E-state index contributed by atoms with van der Waals surface area (Å²) in [5.74, 6) is -10.6. The van der Waals surface area contributed by atoms with Crippen molar-refractivity contribution in [1.82, 2.24) is 14.9 Å². The molecule has 232 valence electrons. The summed E-state index contributed by atoms with van der Waals surface area (Å²) in [5.41, 5.74) is 1.07. The van der Waals surface area contributed by atoms with Gasteiger partial charge in [0.1, 0.15) is 24.7 Å². The van der Waals surface area contributed by atoms with Gasteiger partial charge in [-0.1, -0.05) is 84.4 Å². The number of ketones is 1. The Balaban J connectivity index is 1.63. The number of Topliss-reactive ketones (excluding diaryl/α,β-unsaturated/α-hetero) is 1. The van der Waals surface area contributed by atoms with Crippen LogP contribution in [0.1, 0.15) is 16.7 Å². The van der Waals surface area contributed by atoms with E-state index in [1.807, 2.05) is 0 Å². The number of alkyl halides is 2. The van der Waals surface area contributed by atoms with Crippen molar-refractivity contribution < 1.29 is 37.8 Å². The first-order chi connectivity index (χ1) is 21.5. The van der Waals surface area contributed by atoms with Crippen LogP contribution < -0.4 is 16.2 Å². The largest absolute Gasteiger partial charge is 0.476 e. The zero-order chi connectivity index (χ0) is 32.6. The summed E-state index contributed by atoms with van der Waals surface area (Å²) in [4.78, 5) is 67.3. The summed E-state index contributed by atoms with van der Waals surface area (Å²) in [6.07, 6.45) is -0.324. The van der Waals surface area contributed by atoms with Gasteiger partial charge in [-0.05, 0) is 24.1 Å². The van der Waals surface area contributed by atoms with E-state index < -0.39 is 54.2 Å². The lowest BCUT2D eigenvalue weighted by Crippen LogP contribution is -2.53. The molecule has 0 saturated heterocycles. The van der Waals surface area contributed by atoms with Crippen LogP contribution in [0.2, 0.25) is 0 Å². The lowest BCUT2D eigenvalue weighted by atomic mass is 9.98. The number of hydrogen-bond donors (Lipinski definition) is 3. The van der Waals surface area contributed by atoms with Crippen LogP contribution in [-0.2, 0) is 38.7 Å². The lowest BCUT2D eigenvalue weighted by Gasteiger charge is -2.22. The number of nitrogens with zero attached hydrogens (tertiary/aromatic N) is 2. The Morgan fingerprint density at radius 1 is 0.956 bits per heavy atom. The summed E-state index contributed by atoms with van der Waals surface area (Å²) in [5, 5.41) is 13.4. The predicted octanol–water partition coefficient (Wildman–Crippen LogP) is 3.98. The Bertz CT molecular complexity index is 1760. The summed E-state index contributed by atoms with van der Waals surface area (Å²) < 4.78 is 34.6. The fourth-order valence-corrected chi connectivity index (χ4v) is 4.38. The number of aryl methyl sites for hydroxylation is 1. The molecule has 11 nitrogen and oxygen atoms in total. The normalized spacial score (nSPS) is 11.7. The number of rotatable bonds is 12. The van der Waals surface area contributed by atoms with Gasteiger partial charge in [-0.2, -0.15) is 8.78 Å².